The molecule has 66 valence electrons. The molecule has 0 aliphatic carbocycles. The molecule has 0 spiro atoms. The highest BCUT2D eigenvalue weighted by molar-refractivity contribution is 6.30. The molecule has 0 radical (unpaired) electrons. The average molecular weight is 195 g/mol. The van der Waals surface area contributed by atoms with Gasteiger partial charge >= 0.3 is 0 Å². The predicted molar refractivity (Wildman–Crippen MR) is 50.6 cm³/mol. The molecule has 0 saturated carbocycles. The van der Waals surface area contributed by atoms with Crippen LogP contribution in [0, 0.1) is 0 Å². The largest absolute Gasteiger partial charge is 0.322 e. The lowest BCUT2D eigenvalue weighted by Crippen LogP contribution is -2.07. The smallest absolute Gasteiger partial charge is 0.115 e. The first-order chi connectivity index (χ1) is 6.25. The number of aromatic nitrogens is 3. The highest BCUT2D eigenvalue weighted by atomic mass is 35.5. The second-order valence-electron chi connectivity index (χ2n) is 2.59. The van der Waals surface area contributed by atoms with E-state index in [2.05, 4.69) is 10.3 Å². The minimum absolute atomic E-state index is 0.670. The van der Waals surface area contributed by atoms with Crippen LogP contribution in [0.4, 0.5) is 0 Å². The van der Waals surface area contributed by atoms with Gasteiger partial charge in [0.25, 0.3) is 0 Å². The van der Waals surface area contributed by atoms with Gasteiger partial charge < -0.3 is 5.84 Å². The van der Waals surface area contributed by atoms with Crippen LogP contribution in [0.25, 0.3) is 11.3 Å². The number of hydrogen-bond donors (Lipinski definition) is 1. The highest BCUT2D eigenvalue weighted by Gasteiger charge is 2.01. The van der Waals surface area contributed by atoms with Crippen LogP contribution in [0.3, 0.4) is 0 Å². The lowest BCUT2D eigenvalue weighted by atomic mass is 10.2. The van der Waals surface area contributed by atoms with Crippen LogP contribution in [0.1, 0.15) is 0 Å². The molecule has 1 heterocycles. The number of hydrogen-bond acceptors (Lipinski definition) is 3. The molecule has 1 aromatic heterocycles. The summed E-state index contributed by atoms with van der Waals surface area (Å²) in [5.41, 5.74) is 1.62. The minimum atomic E-state index is 0.670. The number of nitrogens with two attached hydrogens (primary N) is 1. The molecule has 0 unspecified atom stereocenters. The third-order valence-electron chi connectivity index (χ3n) is 1.63. The fourth-order valence-corrected chi connectivity index (χ4v) is 1.25. The maximum atomic E-state index is 5.82. The molecule has 0 aliphatic rings. The normalized spacial score (nSPS) is 10.2. The average Bonchev–Trinajstić information content (AvgIpc) is 2.52. The Labute approximate surface area is 79.9 Å². The van der Waals surface area contributed by atoms with E-state index in [0.717, 1.165) is 10.4 Å². The van der Waals surface area contributed by atoms with E-state index in [-0.39, 0.29) is 0 Å². The predicted octanol–water partition coefficient (Wildman–Crippen LogP) is 1.31. The van der Waals surface area contributed by atoms with Crippen LogP contribution in [0.2, 0.25) is 5.02 Å². The Morgan fingerprint density at radius 2 is 2.23 bits per heavy atom. The van der Waals surface area contributed by atoms with Gasteiger partial charge in [0, 0.05) is 10.6 Å². The summed E-state index contributed by atoms with van der Waals surface area (Å²) in [5, 5.41) is 8.15. The Balaban J connectivity index is 2.46. The van der Waals surface area contributed by atoms with Crippen LogP contribution in [-0.4, -0.2) is 15.1 Å². The third-order valence-corrected chi connectivity index (χ3v) is 1.87. The second kappa shape index (κ2) is 3.06. The van der Waals surface area contributed by atoms with Gasteiger partial charge in [-0.2, -0.15) is 4.79 Å². The van der Waals surface area contributed by atoms with Crippen LogP contribution in [-0.2, 0) is 0 Å². The van der Waals surface area contributed by atoms with E-state index < -0.39 is 0 Å². The highest BCUT2D eigenvalue weighted by Crippen LogP contribution is 2.19. The topological polar surface area (TPSA) is 56.7 Å². The van der Waals surface area contributed by atoms with Crippen molar-refractivity contribution in [1.82, 2.24) is 15.1 Å². The zero-order chi connectivity index (χ0) is 9.26. The number of nitrogens with zero attached hydrogens (tertiary/aromatic N) is 3. The summed E-state index contributed by atoms with van der Waals surface area (Å²) >= 11 is 5.82. The third kappa shape index (κ3) is 1.62. The molecular weight excluding hydrogens is 188 g/mol. The molecule has 0 bridgehead atoms. The Hall–Kier alpha value is -1.55. The molecule has 0 amide bonds. The standard InChI is InChI=1S/C8H7ClN4/c9-7-3-1-2-6(4-7)8-5-13(10)12-11-8/h1-5H,10H2. The lowest BCUT2D eigenvalue weighted by molar-refractivity contribution is 0.766. The Kier molecular flexibility index (Phi) is 1.90. The fraction of sp³-hybridized carbons (Fsp3) is 0. The number of nitrogen functional groups attached to an aromatic ring is 1. The van der Waals surface area contributed by atoms with E-state index in [9.17, 15) is 0 Å². The van der Waals surface area contributed by atoms with Crippen molar-refractivity contribution in [3.05, 3.63) is 35.5 Å². The van der Waals surface area contributed by atoms with Crippen molar-refractivity contribution in [1.29, 1.82) is 0 Å². The van der Waals surface area contributed by atoms with Gasteiger partial charge in [-0.05, 0) is 17.3 Å². The van der Waals surface area contributed by atoms with Gasteiger partial charge in [-0.1, -0.05) is 23.7 Å². The van der Waals surface area contributed by atoms with E-state index in [0.29, 0.717) is 10.7 Å². The summed E-state index contributed by atoms with van der Waals surface area (Å²) in [6, 6.07) is 7.37. The summed E-state index contributed by atoms with van der Waals surface area (Å²) < 4.78 is 0. The number of rotatable bonds is 1. The first kappa shape index (κ1) is 8.07. The van der Waals surface area contributed by atoms with E-state index in [4.69, 9.17) is 17.4 Å². The maximum Gasteiger partial charge on any atom is 0.115 e. The van der Waals surface area contributed by atoms with Crippen molar-refractivity contribution in [2.24, 2.45) is 0 Å². The van der Waals surface area contributed by atoms with E-state index in [1.165, 1.54) is 0 Å². The molecule has 0 fully saturated rings. The van der Waals surface area contributed by atoms with Gasteiger partial charge in [0.2, 0.25) is 0 Å². The van der Waals surface area contributed by atoms with Gasteiger partial charge in [0.15, 0.2) is 0 Å². The summed E-state index contributed by atoms with van der Waals surface area (Å²) in [6.07, 6.45) is 1.63. The Morgan fingerprint density at radius 3 is 2.85 bits per heavy atom. The van der Waals surface area contributed by atoms with Gasteiger partial charge in [-0.3, -0.25) is 0 Å². The van der Waals surface area contributed by atoms with Crippen LogP contribution >= 0.6 is 11.6 Å². The van der Waals surface area contributed by atoms with Crippen LogP contribution < -0.4 is 5.84 Å². The SMILES string of the molecule is Nn1cc(-c2cccc(Cl)c2)nn1. The molecule has 1 aromatic carbocycles. The van der Waals surface area contributed by atoms with Crippen molar-refractivity contribution >= 4 is 11.6 Å². The molecule has 13 heavy (non-hydrogen) atoms. The van der Waals surface area contributed by atoms with Crippen molar-refractivity contribution in [3.63, 3.8) is 0 Å². The molecule has 0 atom stereocenters. The molecule has 2 rings (SSSR count). The quantitative estimate of drug-likeness (QED) is 0.697. The summed E-state index contributed by atoms with van der Waals surface area (Å²) in [4.78, 5) is 1.16. The van der Waals surface area contributed by atoms with Crippen LogP contribution in [0.5, 0.6) is 0 Å². The Bertz CT molecular complexity index is 424. The van der Waals surface area contributed by atoms with Crippen molar-refractivity contribution in [3.8, 4) is 11.3 Å². The second-order valence-corrected chi connectivity index (χ2v) is 3.03. The first-order valence-corrected chi connectivity index (χ1v) is 4.07. The molecule has 0 aliphatic heterocycles. The maximum absolute atomic E-state index is 5.82. The molecule has 2 N–H and O–H groups in total. The molecular formula is C8H7ClN4. The summed E-state index contributed by atoms with van der Waals surface area (Å²) in [6.45, 7) is 0. The van der Waals surface area contributed by atoms with Crippen molar-refractivity contribution in [2.75, 3.05) is 5.84 Å². The van der Waals surface area contributed by atoms with Crippen molar-refractivity contribution < 1.29 is 0 Å². The first-order valence-electron chi connectivity index (χ1n) is 3.69. The Morgan fingerprint density at radius 1 is 1.38 bits per heavy atom. The van der Waals surface area contributed by atoms with E-state index in [1.54, 1.807) is 12.3 Å². The molecule has 4 nitrogen and oxygen atoms in total. The number of benzene rings is 1. The van der Waals surface area contributed by atoms with Gasteiger partial charge in [-0.25, -0.2) is 0 Å². The zero-order valence-corrected chi connectivity index (χ0v) is 7.44. The molecule has 5 heteroatoms. The lowest BCUT2D eigenvalue weighted by Gasteiger charge is -1.94. The van der Waals surface area contributed by atoms with E-state index in [1.807, 2.05) is 18.2 Å². The molecule has 0 saturated heterocycles. The summed E-state index contributed by atoms with van der Waals surface area (Å²) in [7, 11) is 0. The summed E-state index contributed by atoms with van der Waals surface area (Å²) in [5.74, 6) is 5.36. The van der Waals surface area contributed by atoms with Crippen molar-refractivity contribution in [2.45, 2.75) is 0 Å². The number of halogens is 1. The fourth-order valence-electron chi connectivity index (χ4n) is 1.06. The minimum Gasteiger partial charge on any atom is -0.322 e. The molecule has 2 aromatic rings. The monoisotopic (exact) mass is 194 g/mol. The van der Waals surface area contributed by atoms with Gasteiger partial charge in [-0.15, -0.1) is 5.10 Å². The zero-order valence-electron chi connectivity index (χ0n) is 6.68. The van der Waals surface area contributed by atoms with Gasteiger partial charge in [0.1, 0.15) is 5.69 Å². The van der Waals surface area contributed by atoms with Crippen LogP contribution in [0.15, 0.2) is 30.5 Å². The van der Waals surface area contributed by atoms with Gasteiger partial charge in [0.05, 0.1) is 6.20 Å². The van der Waals surface area contributed by atoms with E-state index >= 15 is 0 Å².